The maximum absolute atomic E-state index is 5.62. The molecule has 2 nitrogen and oxygen atoms in total. The van der Waals surface area contributed by atoms with Crippen LogP contribution in [0.1, 0.15) is 40.2 Å². The Labute approximate surface area is 154 Å². The molecule has 0 amide bonds. The molecular formula is C21H33NOS. The lowest BCUT2D eigenvalue weighted by Gasteiger charge is -2.13. The highest BCUT2D eigenvalue weighted by Crippen LogP contribution is 2.17. The Morgan fingerprint density at radius 1 is 0.833 bits per heavy atom. The van der Waals surface area contributed by atoms with Crippen LogP contribution in [0, 0.1) is 0 Å². The minimum atomic E-state index is 0.595. The van der Waals surface area contributed by atoms with Gasteiger partial charge in [0, 0.05) is 4.90 Å². The first-order valence-electron chi connectivity index (χ1n) is 8.87. The molecule has 0 atom stereocenters. The molecule has 0 fully saturated rings. The van der Waals surface area contributed by atoms with Crippen molar-refractivity contribution in [3.8, 4) is 5.75 Å². The summed E-state index contributed by atoms with van der Waals surface area (Å²) in [6, 6.07) is 17.8. The molecule has 2 rings (SSSR count). The molecule has 0 N–H and O–H groups in total. The Balaban J connectivity index is 0.000000501. The molecule has 0 saturated heterocycles. The molecule has 0 bridgehead atoms. The topological polar surface area (TPSA) is 12.5 Å². The second kappa shape index (κ2) is 15.1. The van der Waals surface area contributed by atoms with Gasteiger partial charge in [0.05, 0.1) is 0 Å². The Kier molecular flexibility index (Phi) is 14.2. The van der Waals surface area contributed by atoms with Gasteiger partial charge in [-0.25, -0.2) is 0 Å². The highest BCUT2D eigenvalue weighted by Gasteiger charge is 1.95. The fourth-order valence-electron chi connectivity index (χ4n) is 1.99. The Bertz CT molecular complexity index is 507. The number of rotatable bonds is 6. The lowest BCUT2D eigenvalue weighted by molar-refractivity contribution is 0.305. The van der Waals surface area contributed by atoms with Crippen LogP contribution in [0.15, 0.2) is 59.5 Å². The van der Waals surface area contributed by atoms with Gasteiger partial charge in [-0.05, 0) is 43.4 Å². The van der Waals surface area contributed by atoms with Crippen LogP contribution in [0.5, 0.6) is 5.75 Å². The molecule has 0 aromatic heterocycles. The summed E-state index contributed by atoms with van der Waals surface area (Å²) in [6.07, 6.45) is 0. The minimum absolute atomic E-state index is 0.595. The van der Waals surface area contributed by atoms with Crippen LogP contribution in [-0.2, 0) is 6.61 Å². The van der Waals surface area contributed by atoms with E-state index >= 15 is 0 Å². The van der Waals surface area contributed by atoms with E-state index in [1.165, 1.54) is 25.2 Å². The number of nitrogens with zero attached hydrogens (tertiary/aromatic N) is 1. The molecule has 0 aliphatic rings. The monoisotopic (exact) mass is 347 g/mol. The summed E-state index contributed by atoms with van der Waals surface area (Å²) in [5.74, 6) is 0.853. The minimum Gasteiger partial charge on any atom is -0.489 e. The van der Waals surface area contributed by atoms with Crippen LogP contribution < -0.4 is 4.74 Å². The Morgan fingerprint density at radius 2 is 1.42 bits per heavy atom. The second-order valence-corrected chi connectivity index (χ2v) is 5.41. The van der Waals surface area contributed by atoms with Gasteiger partial charge in [-0.3, -0.25) is 0 Å². The molecule has 0 radical (unpaired) electrons. The molecule has 2 aromatic carbocycles. The van der Waals surface area contributed by atoms with Crippen molar-refractivity contribution in [2.75, 3.05) is 19.6 Å². The SMILES string of the molecule is CC.CCN(CC)CC.Sc1cccc(OCc2ccccc2)c1. The van der Waals surface area contributed by atoms with E-state index in [9.17, 15) is 0 Å². The standard InChI is InChI=1S/C13H12OS.C6H15N.C2H6/c15-13-8-4-7-12(9-13)14-10-11-5-2-1-3-6-11;1-4-7(5-2)6-3;1-2/h1-9,15H,10H2;4-6H2,1-3H3;1-2H3. The van der Waals surface area contributed by atoms with Crippen LogP contribution in [0.2, 0.25) is 0 Å². The van der Waals surface area contributed by atoms with Crippen molar-refractivity contribution < 1.29 is 4.74 Å². The molecule has 3 heteroatoms. The molecule has 24 heavy (non-hydrogen) atoms. The predicted octanol–water partition coefficient (Wildman–Crippen LogP) is 5.93. The van der Waals surface area contributed by atoms with Gasteiger partial charge in [-0.15, -0.1) is 12.6 Å². The van der Waals surface area contributed by atoms with Gasteiger partial charge >= 0.3 is 0 Å². The van der Waals surface area contributed by atoms with Gasteiger partial charge < -0.3 is 9.64 Å². The van der Waals surface area contributed by atoms with Crippen molar-refractivity contribution in [1.29, 1.82) is 0 Å². The van der Waals surface area contributed by atoms with Gasteiger partial charge in [-0.1, -0.05) is 71.0 Å². The first kappa shape index (κ1) is 22.6. The summed E-state index contributed by atoms with van der Waals surface area (Å²) < 4.78 is 5.62. The molecule has 0 spiro atoms. The number of thiol groups is 1. The van der Waals surface area contributed by atoms with E-state index in [0.717, 1.165) is 10.6 Å². The van der Waals surface area contributed by atoms with Gasteiger partial charge in [0.25, 0.3) is 0 Å². The third kappa shape index (κ3) is 10.3. The van der Waals surface area contributed by atoms with E-state index in [0.29, 0.717) is 6.61 Å². The summed E-state index contributed by atoms with van der Waals surface area (Å²) in [5.41, 5.74) is 1.17. The zero-order valence-corrected chi connectivity index (χ0v) is 16.7. The van der Waals surface area contributed by atoms with Crippen LogP contribution in [-0.4, -0.2) is 24.5 Å². The molecule has 0 heterocycles. The number of hydrogen-bond acceptors (Lipinski definition) is 3. The van der Waals surface area contributed by atoms with Crippen molar-refractivity contribution in [2.24, 2.45) is 0 Å². The van der Waals surface area contributed by atoms with Crippen LogP contribution in [0.4, 0.5) is 0 Å². The van der Waals surface area contributed by atoms with E-state index in [1.807, 2.05) is 68.4 Å². The first-order chi connectivity index (χ1) is 11.7. The second-order valence-electron chi connectivity index (χ2n) is 4.89. The summed E-state index contributed by atoms with van der Waals surface area (Å²) in [5, 5.41) is 0. The fourth-order valence-corrected chi connectivity index (χ4v) is 2.20. The van der Waals surface area contributed by atoms with E-state index < -0.39 is 0 Å². The van der Waals surface area contributed by atoms with E-state index in [2.05, 4.69) is 38.3 Å². The maximum Gasteiger partial charge on any atom is 0.120 e. The quantitative estimate of drug-likeness (QED) is 0.650. The molecule has 0 aliphatic heterocycles. The molecule has 134 valence electrons. The van der Waals surface area contributed by atoms with Crippen molar-refractivity contribution in [1.82, 2.24) is 4.90 Å². The smallest absolute Gasteiger partial charge is 0.120 e. The highest BCUT2D eigenvalue weighted by molar-refractivity contribution is 7.80. The summed E-state index contributed by atoms with van der Waals surface area (Å²) in [7, 11) is 0. The first-order valence-corrected chi connectivity index (χ1v) is 9.32. The average molecular weight is 348 g/mol. The Morgan fingerprint density at radius 3 is 1.88 bits per heavy atom. The van der Waals surface area contributed by atoms with Gasteiger partial charge in [0.15, 0.2) is 0 Å². The van der Waals surface area contributed by atoms with Crippen LogP contribution in [0.25, 0.3) is 0 Å². The van der Waals surface area contributed by atoms with Crippen molar-refractivity contribution in [3.63, 3.8) is 0 Å². The summed E-state index contributed by atoms with van der Waals surface area (Å²) in [4.78, 5) is 3.29. The zero-order chi connectivity index (χ0) is 18.2. The summed E-state index contributed by atoms with van der Waals surface area (Å²) >= 11 is 4.25. The largest absolute Gasteiger partial charge is 0.489 e. The molecule has 0 aliphatic carbocycles. The molecule has 0 unspecified atom stereocenters. The number of hydrogen-bond donors (Lipinski definition) is 1. The van der Waals surface area contributed by atoms with E-state index in [4.69, 9.17) is 4.74 Å². The lowest BCUT2D eigenvalue weighted by Crippen LogP contribution is -2.21. The Hall–Kier alpha value is -1.45. The van der Waals surface area contributed by atoms with Gasteiger partial charge in [-0.2, -0.15) is 0 Å². The predicted molar refractivity (Wildman–Crippen MR) is 109 cm³/mol. The normalized spacial score (nSPS) is 9.46. The van der Waals surface area contributed by atoms with Crippen molar-refractivity contribution in [2.45, 2.75) is 46.1 Å². The van der Waals surface area contributed by atoms with E-state index in [1.54, 1.807) is 0 Å². The highest BCUT2D eigenvalue weighted by atomic mass is 32.1. The van der Waals surface area contributed by atoms with Gasteiger partial charge in [0.2, 0.25) is 0 Å². The van der Waals surface area contributed by atoms with Gasteiger partial charge in [0.1, 0.15) is 12.4 Å². The van der Waals surface area contributed by atoms with E-state index in [-0.39, 0.29) is 0 Å². The van der Waals surface area contributed by atoms with Crippen molar-refractivity contribution >= 4 is 12.6 Å². The fraction of sp³-hybridized carbons (Fsp3) is 0.429. The molecular weight excluding hydrogens is 314 g/mol. The average Bonchev–Trinajstić information content (AvgIpc) is 2.65. The summed E-state index contributed by atoms with van der Waals surface area (Å²) in [6.45, 7) is 14.7. The molecule has 0 saturated carbocycles. The third-order valence-electron chi connectivity index (χ3n) is 3.41. The van der Waals surface area contributed by atoms with Crippen LogP contribution >= 0.6 is 12.6 Å². The molecule has 2 aromatic rings. The maximum atomic E-state index is 5.62. The third-order valence-corrected chi connectivity index (χ3v) is 3.69. The lowest BCUT2D eigenvalue weighted by atomic mass is 10.2. The van der Waals surface area contributed by atoms with Crippen LogP contribution in [0.3, 0.4) is 0 Å². The number of ether oxygens (including phenoxy) is 1. The number of benzene rings is 2. The van der Waals surface area contributed by atoms with Crippen molar-refractivity contribution in [3.05, 3.63) is 60.2 Å². The zero-order valence-electron chi connectivity index (χ0n) is 15.8.